The van der Waals surface area contributed by atoms with Gasteiger partial charge in [0.05, 0.1) is 22.3 Å². The summed E-state index contributed by atoms with van der Waals surface area (Å²) in [4.78, 5) is -1.03. The summed E-state index contributed by atoms with van der Waals surface area (Å²) >= 11 is 0. The lowest BCUT2D eigenvalue weighted by molar-refractivity contribution is -0.224. The summed E-state index contributed by atoms with van der Waals surface area (Å²) in [6.45, 7) is -2.59. The zero-order valence-electron chi connectivity index (χ0n) is 13.2. The van der Waals surface area contributed by atoms with Crippen LogP contribution in [0.5, 0.6) is 0 Å². The average Bonchev–Trinajstić information content (AvgIpc) is 2.52. The zero-order chi connectivity index (χ0) is 20.8. The lowest BCUT2D eigenvalue weighted by Crippen LogP contribution is -2.51. The van der Waals surface area contributed by atoms with Crippen LogP contribution >= 0.6 is 0 Å². The largest absolute Gasteiger partial charge is 0.416 e. The number of alkyl halides is 9. The highest BCUT2D eigenvalue weighted by molar-refractivity contribution is 7.89. The molecule has 0 N–H and O–H groups in total. The van der Waals surface area contributed by atoms with Crippen molar-refractivity contribution >= 4 is 10.0 Å². The Bertz CT molecular complexity index is 761. The van der Waals surface area contributed by atoms with Crippen LogP contribution in [0, 0.1) is 11.8 Å². The maximum absolute atomic E-state index is 12.9. The first-order valence-electron chi connectivity index (χ1n) is 7.34. The minimum absolute atomic E-state index is 0.0533. The van der Waals surface area contributed by atoms with Crippen LogP contribution in [-0.2, 0) is 16.2 Å². The topological polar surface area (TPSA) is 37.4 Å². The second-order valence-electron chi connectivity index (χ2n) is 6.06. The zero-order valence-corrected chi connectivity index (χ0v) is 14.0. The van der Waals surface area contributed by atoms with Crippen molar-refractivity contribution in [2.24, 2.45) is 11.8 Å². The Morgan fingerprint density at radius 2 is 1.33 bits per heavy atom. The summed E-state index contributed by atoms with van der Waals surface area (Å²) in [7, 11) is -5.00. The van der Waals surface area contributed by atoms with E-state index in [2.05, 4.69) is 0 Å². The average molecular weight is 429 g/mol. The fourth-order valence-corrected chi connectivity index (χ4v) is 4.29. The molecule has 0 amide bonds. The van der Waals surface area contributed by atoms with Crippen LogP contribution in [0.25, 0.3) is 0 Å². The predicted octanol–water partition coefficient (Wildman–Crippen LogP) is 4.46. The molecule has 0 spiro atoms. The molecule has 0 saturated carbocycles. The number of benzene rings is 1. The highest BCUT2D eigenvalue weighted by Gasteiger charge is 2.53. The third-order valence-electron chi connectivity index (χ3n) is 4.14. The summed E-state index contributed by atoms with van der Waals surface area (Å²) in [5, 5.41) is 0. The van der Waals surface area contributed by atoms with Crippen molar-refractivity contribution in [3.05, 3.63) is 29.8 Å². The first kappa shape index (κ1) is 21.8. The monoisotopic (exact) mass is 429 g/mol. The van der Waals surface area contributed by atoms with E-state index in [-0.39, 0.29) is 10.4 Å². The second kappa shape index (κ2) is 6.83. The lowest BCUT2D eigenvalue weighted by Gasteiger charge is -2.38. The summed E-state index contributed by atoms with van der Waals surface area (Å²) < 4.78 is 141. The van der Waals surface area contributed by atoms with Crippen LogP contribution in [0.3, 0.4) is 0 Å². The fraction of sp³-hybridized carbons (Fsp3) is 0.571. The molecule has 1 aliphatic rings. The molecule has 154 valence electrons. The highest BCUT2D eigenvalue weighted by atomic mass is 32.2. The lowest BCUT2D eigenvalue weighted by atomic mass is 9.89. The Morgan fingerprint density at radius 3 is 1.74 bits per heavy atom. The van der Waals surface area contributed by atoms with E-state index in [0.717, 1.165) is 0 Å². The number of sulfonamides is 1. The van der Waals surface area contributed by atoms with Crippen molar-refractivity contribution in [3.8, 4) is 0 Å². The van der Waals surface area contributed by atoms with Gasteiger partial charge in [0, 0.05) is 13.1 Å². The second-order valence-corrected chi connectivity index (χ2v) is 8.00. The van der Waals surface area contributed by atoms with Gasteiger partial charge in [-0.15, -0.1) is 0 Å². The standard InChI is InChI=1S/C14H12F9NO2S/c15-12(16,17)8-2-1-3-11(5-8)27(25,26)24-6-9(13(18,19)20)4-10(7-24)14(21,22)23/h1-3,5,9-10H,4,6-7H2/t9-,10-/m1/s1. The van der Waals surface area contributed by atoms with Gasteiger partial charge in [0.2, 0.25) is 10.0 Å². The molecule has 2 rings (SSSR count). The summed E-state index contributed by atoms with van der Waals surface area (Å²) in [5.41, 5.74) is -1.39. The van der Waals surface area contributed by atoms with E-state index in [1.807, 2.05) is 0 Å². The Labute approximate surface area is 147 Å². The van der Waals surface area contributed by atoms with Gasteiger partial charge in [-0.2, -0.15) is 43.8 Å². The number of piperidine rings is 1. The van der Waals surface area contributed by atoms with Crippen molar-refractivity contribution in [3.63, 3.8) is 0 Å². The molecule has 2 atom stereocenters. The molecular weight excluding hydrogens is 417 g/mol. The Morgan fingerprint density at radius 1 is 0.852 bits per heavy atom. The van der Waals surface area contributed by atoms with Gasteiger partial charge in [-0.1, -0.05) is 6.07 Å². The van der Waals surface area contributed by atoms with E-state index in [1.54, 1.807) is 0 Å². The van der Waals surface area contributed by atoms with E-state index in [0.29, 0.717) is 18.2 Å². The summed E-state index contributed by atoms with van der Waals surface area (Å²) in [5.74, 6) is -5.17. The molecule has 3 nitrogen and oxygen atoms in total. The predicted molar refractivity (Wildman–Crippen MR) is 73.9 cm³/mol. The normalized spacial score (nSPS) is 23.4. The molecule has 27 heavy (non-hydrogen) atoms. The van der Waals surface area contributed by atoms with Crippen LogP contribution < -0.4 is 0 Å². The van der Waals surface area contributed by atoms with Gasteiger partial charge < -0.3 is 0 Å². The molecule has 0 bridgehead atoms. The summed E-state index contributed by atoms with van der Waals surface area (Å²) in [6.07, 6.45) is -16.5. The summed E-state index contributed by atoms with van der Waals surface area (Å²) in [6, 6.07) is 2.11. The molecule has 0 aliphatic carbocycles. The van der Waals surface area contributed by atoms with Crippen LogP contribution in [0.2, 0.25) is 0 Å². The van der Waals surface area contributed by atoms with Crippen LogP contribution in [0.4, 0.5) is 39.5 Å². The first-order valence-corrected chi connectivity index (χ1v) is 8.78. The quantitative estimate of drug-likeness (QED) is 0.652. The van der Waals surface area contributed by atoms with Crippen LogP contribution in [0.15, 0.2) is 29.2 Å². The third-order valence-corrected chi connectivity index (χ3v) is 5.97. The van der Waals surface area contributed by atoms with Gasteiger partial charge in [-0.05, 0) is 24.6 Å². The molecule has 0 radical (unpaired) electrons. The molecule has 1 aromatic carbocycles. The molecule has 1 saturated heterocycles. The van der Waals surface area contributed by atoms with Gasteiger partial charge in [-0.25, -0.2) is 8.42 Å². The maximum Gasteiger partial charge on any atom is 0.416 e. The van der Waals surface area contributed by atoms with Crippen LogP contribution in [0.1, 0.15) is 12.0 Å². The van der Waals surface area contributed by atoms with Crippen molar-refractivity contribution in [1.29, 1.82) is 0 Å². The van der Waals surface area contributed by atoms with E-state index in [9.17, 15) is 47.9 Å². The minimum Gasteiger partial charge on any atom is -0.207 e. The number of hydrogen-bond acceptors (Lipinski definition) is 2. The first-order chi connectivity index (χ1) is 12.0. The molecule has 1 aliphatic heterocycles. The SMILES string of the molecule is O=S(=O)(c1cccc(C(F)(F)F)c1)N1C[C@H](C(F)(F)F)C[C@@H](C(F)(F)F)C1. The van der Waals surface area contributed by atoms with Gasteiger partial charge in [-0.3, -0.25) is 0 Å². The Kier molecular flexibility index (Phi) is 5.52. The smallest absolute Gasteiger partial charge is 0.207 e. The number of nitrogens with zero attached hydrogens (tertiary/aromatic N) is 1. The molecular formula is C14H12F9NO2S. The van der Waals surface area contributed by atoms with E-state index >= 15 is 0 Å². The minimum atomic E-state index is -5.09. The Balaban J connectivity index is 2.44. The molecule has 0 unspecified atom stereocenters. The number of rotatable bonds is 2. The number of halogens is 9. The number of hydrogen-bond donors (Lipinski definition) is 0. The molecule has 0 aromatic heterocycles. The molecule has 1 fully saturated rings. The van der Waals surface area contributed by atoms with Crippen LogP contribution in [-0.4, -0.2) is 38.2 Å². The van der Waals surface area contributed by atoms with Crippen molar-refractivity contribution in [2.45, 2.75) is 29.8 Å². The molecule has 1 aromatic rings. The van der Waals surface area contributed by atoms with E-state index in [1.165, 1.54) is 0 Å². The van der Waals surface area contributed by atoms with Gasteiger partial charge in [0.1, 0.15) is 0 Å². The van der Waals surface area contributed by atoms with Crippen molar-refractivity contribution in [2.75, 3.05) is 13.1 Å². The van der Waals surface area contributed by atoms with Crippen molar-refractivity contribution in [1.82, 2.24) is 4.31 Å². The Hall–Kier alpha value is -1.50. The van der Waals surface area contributed by atoms with Gasteiger partial charge in [0.25, 0.3) is 0 Å². The van der Waals surface area contributed by atoms with Crippen molar-refractivity contribution < 1.29 is 47.9 Å². The fourth-order valence-electron chi connectivity index (χ4n) is 2.71. The van der Waals surface area contributed by atoms with Gasteiger partial charge in [0.15, 0.2) is 0 Å². The maximum atomic E-state index is 12.9. The molecule has 13 heteroatoms. The van der Waals surface area contributed by atoms with E-state index < -0.39 is 70.4 Å². The van der Waals surface area contributed by atoms with Gasteiger partial charge >= 0.3 is 18.5 Å². The third kappa shape index (κ3) is 4.86. The highest BCUT2D eigenvalue weighted by Crippen LogP contribution is 2.43. The van der Waals surface area contributed by atoms with E-state index in [4.69, 9.17) is 0 Å². The molecule has 1 heterocycles.